The maximum absolute atomic E-state index is 15.0. The minimum absolute atomic E-state index is 0.00933. The van der Waals surface area contributed by atoms with Crippen molar-refractivity contribution in [3.63, 3.8) is 0 Å². The zero-order chi connectivity index (χ0) is 82.8. The highest BCUT2D eigenvalue weighted by atomic mass is 33.1. The summed E-state index contributed by atoms with van der Waals surface area (Å²) in [6.45, 7) is 15.7. The van der Waals surface area contributed by atoms with Crippen LogP contribution in [-0.2, 0) is 91.0 Å². The lowest BCUT2D eigenvalue weighted by Gasteiger charge is -2.39. The first-order chi connectivity index (χ1) is 53.3. The van der Waals surface area contributed by atoms with Gasteiger partial charge in [0.05, 0.1) is 18.0 Å². The van der Waals surface area contributed by atoms with Gasteiger partial charge in [-0.2, -0.15) is 0 Å². The Labute approximate surface area is 670 Å². The van der Waals surface area contributed by atoms with E-state index in [9.17, 15) is 72.5 Å². The summed E-state index contributed by atoms with van der Waals surface area (Å²) >= 11 is 1.06. The lowest BCUT2D eigenvalue weighted by Crippen LogP contribution is -2.59. The number of carbonyl (C=O) groups is 14. The molecule has 1 unspecified atom stereocenters. The molecule has 4 rings (SSSR count). The Bertz CT molecular complexity index is 3540. The van der Waals surface area contributed by atoms with E-state index in [2.05, 4.69) is 31.8 Å². The number of hydrogen-bond acceptors (Lipinski definition) is 23. The molecule has 0 saturated carbocycles. The maximum atomic E-state index is 15.0. The predicted octanol–water partition coefficient (Wildman–Crippen LogP) is 11.4. The minimum Gasteiger partial charge on any atom is -0.508 e. The van der Waals surface area contributed by atoms with Gasteiger partial charge in [-0.1, -0.05) is 139 Å². The number of aryl methyl sites for hydroxylation is 1. The van der Waals surface area contributed by atoms with Crippen LogP contribution in [0.4, 0.5) is 4.79 Å². The normalized spacial score (nSPS) is 15.3. The third-order valence-electron chi connectivity index (χ3n) is 19.8. The summed E-state index contributed by atoms with van der Waals surface area (Å²) in [4.78, 5) is 189. The molecule has 8 N–H and O–H groups in total. The Hall–Kier alpha value is -8.29. The van der Waals surface area contributed by atoms with E-state index in [0.717, 1.165) is 73.1 Å². The van der Waals surface area contributed by atoms with Crippen LogP contribution in [0.5, 0.6) is 5.75 Å². The molecule has 31 heteroatoms. The van der Waals surface area contributed by atoms with Gasteiger partial charge in [0.2, 0.25) is 23.6 Å². The predicted molar refractivity (Wildman–Crippen MR) is 427 cm³/mol. The standard InChI is InChI=1S/C81H120N8O20S3/c1-11-22-72(98)108-50-89(79(103)73(52(5)12-2)85-77(102)67-26-18-19-39-88(67)10)68(51(3)4)48-70(109-56(9)90)78-84-66(49-110-78)76(101)83-61(45-58-34-37-63(92)38-35-58)43-53(6)75(100)86-87-81(106)107-40-42-112-111-41-21-27-69(95)55(8)82-74(99)54(7)44-65(94)46-59-31-29-57(30-32-59)33-36-62(91)24-16-14-13-15-17-25-64(93)47-60(80(104)105)23-20-28-71(96)97/h29-32,34-35,37-38,49,51-55,60-61,67-68,70,73,92H,11-28,33,36,39-48,50H2,1-10H3,(H,82,99)(H,83,101)(H,85,102)(H,86,100)(H,87,106)(H,96,97)(H,104,105)/t52?,53-,54+,55-,60+,61+,67+,68+,70+,73-/m0/s1. The molecule has 10 atom stereocenters. The number of ketones is 4. The van der Waals surface area contributed by atoms with Gasteiger partial charge in [-0.25, -0.2) is 15.2 Å². The number of phenolic OH excluding ortho intramolecular Hbond substituents is 1. The number of likely N-dealkylation sites (tertiary alicyclic amines) is 1. The number of likely N-dealkylation sites (N-methyl/N-ethyl adjacent to an activating group) is 1. The fraction of sp³-hybridized carbons (Fsp3) is 0.642. The Kier molecular flexibility index (Phi) is 44.8. The van der Waals surface area contributed by atoms with Gasteiger partial charge in [0, 0.05) is 112 Å². The number of aliphatic carboxylic acids is 2. The van der Waals surface area contributed by atoms with E-state index in [1.165, 1.54) is 50.9 Å². The number of rotatable bonds is 55. The monoisotopic (exact) mass is 1620 g/mol. The number of carboxylic acids is 2. The van der Waals surface area contributed by atoms with Crippen LogP contribution in [-0.4, -0.2) is 181 Å². The second kappa shape index (κ2) is 52.2. The number of piperidine rings is 1. The molecule has 0 radical (unpaired) electrons. The van der Waals surface area contributed by atoms with Gasteiger partial charge in [0.15, 0.2) is 18.6 Å². The summed E-state index contributed by atoms with van der Waals surface area (Å²) in [5.74, 6) is -7.91. The zero-order valence-corrected chi connectivity index (χ0v) is 69.3. The second-order valence-corrected chi connectivity index (χ2v) is 33.3. The smallest absolute Gasteiger partial charge is 0.426 e. The number of benzene rings is 2. The number of amides is 6. The van der Waals surface area contributed by atoms with E-state index in [4.69, 9.17) is 19.3 Å². The zero-order valence-electron chi connectivity index (χ0n) is 66.8. The Morgan fingerprint density at radius 3 is 1.98 bits per heavy atom. The lowest BCUT2D eigenvalue weighted by molar-refractivity contribution is -0.160. The summed E-state index contributed by atoms with van der Waals surface area (Å²) in [7, 11) is 4.77. The summed E-state index contributed by atoms with van der Waals surface area (Å²) in [6, 6.07) is 10.2. The quantitative estimate of drug-likeness (QED) is 0.00650. The first kappa shape index (κ1) is 96.1. The number of nitrogens with one attached hydrogen (secondary N) is 5. The van der Waals surface area contributed by atoms with Crippen LogP contribution in [0.1, 0.15) is 248 Å². The Balaban J connectivity index is 1.17. The second-order valence-electron chi connectivity index (χ2n) is 29.7. The molecule has 2 aromatic carbocycles. The lowest BCUT2D eigenvalue weighted by atomic mass is 9.92. The molecule has 3 aromatic rings. The van der Waals surface area contributed by atoms with Crippen molar-refractivity contribution < 1.29 is 96.7 Å². The van der Waals surface area contributed by atoms with Gasteiger partial charge in [-0.15, -0.1) is 11.3 Å². The van der Waals surface area contributed by atoms with Crippen molar-refractivity contribution in [2.75, 3.05) is 38.4 Å². The van der Waals surface area contributed by atoms with E-state index in [1.807, 2.05) is 70.8 Å². The summed E-state index contributed by atoms with van der Waals surface area (Å²) < 4.78 is 16.9. The summed E-state index contributed by atoms with van der Waals surface area (Å²) in [6.07, 6.45) is 8.32. The highest BCUT2D eigenvalue weighted by Crippen LogP contribution is 2.33. The fourth-order valence-corrected chi connectivity index (χ4v) is 15.7. The average molecular weight is 1620 g/mol. The molecule has 6 amide bonds. The Morgan fingerprint density at radius 2 is 1.34 bits per heavy atom. The molecule has 28 nitrogen and oxygen atoms in total. The molecule has 0 spiro atoms. The van der Waals surface area contributed by atoms with Crippen molar-refractivity contribution in [3.8, 4) is 5.75 Å². The van der Waals surface area contributed by atoms with Crippen LogP contribution in [0.3, 0.4) is 0 Å². The van der Waals surface area contributed by atoms with Gasteiger partial charge in [-0.05, 0) is 132 Å². The topological polar surface area (TPSA) is 407 Å². The van der Waals surface area contributed by atoms with Crippen molar-refractivity contribution in [1.82, 2.24) is 41.6 Å². The first-order valence-electron chi connectivity index (χ1n) is 39.3. The number of thiazole rings is 1. The number of ether oxygens (including phenoxy) is 3. The largest absolute Gasteiger partial charge is 0.508 e. The summed E-state index contributed by atoms with van der Waals surface area (Å²) in [5.41, 5.74) is 7.06. The molecule has 1 fully saturated rings. The SMILES string of the molecule is CCCC(=O)OCN(C(=O)[C@@H](NC(=O)[C@H]1CCCCN1C)C(C)CC)[C@H](C[C@@H](OC(C)=O)c1nc(C(=O)N[C@@H](Cc2ccc(O)cc2)C[C@H](C)C(=O)NNC(=O)OCCSSCCCC(=O)[C@H](C)NC(=O)[C@H](C)CC(=O)Cc2ccc(CCC(=O)CCCCCCCC(=O)C[C@@H](CCCC(=O)O)C(=O)O)cc2)cs1)C(C)C. The molecule has 622 valence electrons. The number of Topliss-reactive ketones (excluding diaryl/α,β-unsaturated/α-hetero) is 4. The number of hydrogen-bond donors (Lipinski definition) is 8. The highest BCUT2D eigenvalue weighted by Gasteiger charge is 2.40. The minimum atomic E-state index is -1.09. The number of hydrazine groups is 1. The number of carboxylic acid groups (broad SMARTS) is 2. The maximum Gasteiger partial charge on any atom is 0.426 e. The van der Waals surface area contributed by atoms with Crippen LogP contribution >= 0.6 is 32.9 Å². The van der Waals surface area contributed by atoms with Gasteiger partial charge in [0.1, 0.15) is 46.4 Å². The van der Waals surface area contributed by atoms with Crippen LogP contribution in [0.2, 0.25) is 0 Å². The van der Waals surface area contributed by atoms with Crippen LogP contribution < -0.4 is 26.8 Å². The van der Waals surface area contributed by atoms with Gasteiger partial charge >= 0.3 is 30.0 Å². The number of esters is 2. The molecule has 1 aliphatic rings. The number of phenols is 1. The number of unbranched alkanes of at least 4 members (excludes halogenated alkanes) is 4. The fourth-order valence-electron chi connectivity index (χ4n) is 12.9. The number of carbonyl (C=O) groups excluding carboxylic acids is 12. The van der Waals surface area contributed by atoms with Crippen molar-refractivity contribution in [2.24, 2.45) is 29.6 Å². The molecular formula is C81H120N8O20S3. The average Bonchev–Trinajstić information content (AvgIpc) is 1.22. The molecule has 0 aliphatic carbocycles. The molecular weight excluding hydrogens is 1500 g/mol. The molecule has 1 aliphatic heterocycles. The number of aromatic hydroxyl groups is 1. The van der Waals surface area contributed by atoms with Gasteiger partial charge < -0.3 is 50.4 Å². The summed E-state index contributed by atoms with van der Waals surface area (Å²) in [5, 5.41) is 38.7. The molecule has 1 aromatic heterocycles. The molecule has 1 saturated heterocycles. The van der Waals surface area contributed by atoms with E-state index in [-0.39, 0.29) is 141 Å². The molecule has 0 bridgehead atoms. The van der Waals surface area contributed by atoms with Crippen molar-refractivity contribution in [3.05, 3.63) is 81.3 Å². The van der Waals surface area contributed by atoms with Gasteiger partial charge in [-0.3, -0.25) is 72.7 Å². The van der Waals surface area contributed by atoms with E-state index in [1.54, 1.807) is 32.9 Å². The van der Waals surface area contributed by atoms with E-state index < -0.39 is 114 Å². The van der Waals surface area contributed by atoms with Crippen molar-refractivity contribution in [2.45, 2.75) is 266 Å². The highest BCUT2D eigenvalue weighted by molar-refractivity contribution is 8.76. The van der Waals surface area contributed by atoms with Gasteiger partial charge in [0.25, 0.3) is 5.91 Å². The van der Waals surface area contributed by atoms with Crippen LogP contribution in [0, 0.1) is 29.6 Å². The number of nitrogens with zero attached hydrogens (tertiary/aromatic N) is 3. The third-order valence-corrected chi connectivity index (χ3v) is 23.2. The van der Waals surface area contributed by atoms with Crippen molar-refractivity contribution >= 4 is 116 Å². The van der Waals surface area contributed by atoms with Crippen LogP contribution in [0.15, 0.2) is 53.9 Å². The van der Waals surface area contributed by atoms with E-state index >= 15 is 4.79 Å². The Morgan fingerprint density at radius 1 is 0.679 bits per heavy atom. The van der Waals surface area contributed by atoms with E-state index in [0.29, 0.717) is 62.9 Å². The van der Waals surface area contributed by atoms with Crippen LogP contribution in [0.25, 0.3) is 0 Å². The number of aromatic nitrogens is 1. The van der Waals surface area contributed by atoms with Crippen molar-refractivity contribution in [1.29, 1.82) is 0 Å². The molecule has 112 heavy (non-hydrogen) atoms. The molecule has 2 heterocycles. The first-order valence-corrected chi connectivity index (χ1v) is 42.7. The third kappa shape index (κ3) is 37.1.